The molecule has 0 bridgehead atoms. The van der Waals surface area contributed by atoms with Crippen molar-refractivity contribution in [2.45, 2.75) is 31.4 Å². The van der Waals surface area contributed by atoms with E-state index in [0.29, 0.717) is 12.8 Å². The Morgan fingerprint density at radius 2 is 2.16 bits per heavy atom. The fraction of sp³-hybridized carbons (Fsp3) is 0.700. The van der Waals surface area contributed by atoms with Crippen LogP contribution in [0.1, 0.15) is 26.7 Å². The Morgan fingerprint density at radius 3 is 2.47 bits per heavy atom. The van der Waals surface area contributed by atoms with Crippen LogP contribution >= 0.6 is 44.5 Å². The van der Waals surface area contributed by atoms with E-state index in [1.807, 2.05) is 13.8 Å². The summed E-state index contributed by atoms with van der Waals surface area (Å²) in [5.74, 6) is 0.918. The number of hydrogen-bond acceptors (Lipinski definition) is 6. The molecule has 0 aliphatic carbocycles. The van der Waals surface area contributed by atoms with Crippen molar-refractivity contribution in [2.24, 2.45) is 0 Å². The molecule has 0 saturated heterocycles. The fourth-order valence-corrected chi connectivity index (χ4v) is 3.71. The third-order valence-electron chi connectivity index (χ3n) is 1.68. The number of rotatable bonds is 6. The van der Waals surface area contributed by atoms with Crippen molar-refractivity contribution in [3.63, 3.8) is 0 Å². The van der Waals surface area contributed by atoms with E-state index >= 15 is 0 Å². The van der Waals surface area contributed by atoms with E-state index in [0.717, 1.165) is 22.7 Å². The zero-order valence-electron chi connectivity index (χ0n) is 10.9. The van der Waals surface area contributed by atoms with Gasteiger partial charge in [-0.15, -0.1) is 11.8 Å². The van der Waals surface area contributed by atoms with Crippen molar-refractivity contribution in [3.05, 3.63) is 0 Å². The van der Waals surface area contributed by atoms with E-state index in [4.69, 9.17) is 17.5 Å². The Morgan fingerprint density at radius 1 is 1.63 bits per heavy atom. The summed E-state index contributed by atoms with van der Waals surface area (Å²) in [5.41, 5.74) is 0. The SMILES string of the molecule is CCSC(=S)SC(C)(C#N)CCC=O.COP(F)F. The molecular formula is C10H16F2NO2PS3. The second kappa shape index (κ2) is 13.2. The molecular weight excluding hydrogens is 331 g/mol. The number of thioether (sulfide) groups is 2. The quantitative estimate of drug-likeness (QED) is 0.390. The van der Waals surface area contributed by atoms with E-state index in [1.54, 1.807) is 11.8 Å². The number of carbonyl (C=O) groups excluding carboxylic acids is 1. The molecule has 9 heteroatoms. The Kier molecular flexibility index (Phi) is 14.9. The minimum atomic E-state index is -3.10. The molecule has 0 aromatic carbocycles. The van der Waals surface area contributed by atoms with Gasteiger partial charge < -0.3 is 9.32 Å². The van der Waals surface area contributed by atoms with Crippen LogP contribution in [0.3, 0.4) is 0 Å². The first-order valence-electron chi connectivity index (χ1n) is 5.21. The van der Waals surface area contributed by atoms with Crippen molar-refractivity contribution in [2.75, 3.05) is 12.9 Å². The molecule has 0 aromatic rings. The highest BCUT2D eigenvalue weighted by Gasteiger charge is 2.26. The number of halogens is 2. The molecule has 0 heterocycles. The third kappa shape index (κ3) is 14.4. The standard InChI is InChI=1S/C9H13NOS3.CH3F2OP/c1-3-13-8(12)14-9(2,7-10)5-4-6-11;1-4-5(2)3/h6H,3-5H2,1-2H3;1H3. The van der Waals surface area contributed by atoms with Gasteiger partial charge in [0, 0.05) is 13.5 Å². The van der Waals surface area contributed by atoms with E-state index < -0.39 is 13.5 Å². The van der Waals surface area contributed by atoms with Gasteiger partial charge in [0.15, 0.2) is 0 Å². The Labute approximate surface area is 127 Å². The molecule has 110 valence electrons. The minimum Gasteiger partial charge on any atom is -0.309 e. The maximum absolute atomic E-state index is 10.6. The van der Waals surface area contributed by atoms with Crippen LogP contribution in [0.2, 0.25) is 0 Å². The number of hydrogen-bond donors (Lipinski definition) is 0. The third-order valence-corrected chi connectivity index (χ3v) is 4.60. The number of carbonyl (C=O) groups is 1. The predicted octanol–water partition coefficient (Wildman–Crippen LogP) is 4.82. The largest absolute Gasteiger partial charge is 0.414 e. The zero-order valence-corrected chi connectivity index (χ0v) is 14.2. The molecule has 0 spiro atoms. The van der Waals surface area contributed by atoms with Crippen LogP contribution in [0.4, 0.5) is 8.39 Å². The van der Waals surface area contributed by atoms with E-state index in [2.05, 4.69) is 10.6 Å². The number of aldehydes is 1. The van der Waals surface area contributed by atoms with Gasteiger partial charge in [0.25, 0.3) is 0 Å². The van der Waals surface area contributed by atoms with Crippen LogP contribution < -0.4 is 0 Å². The maximum Gasteiger partial charge on any atom is 0.414 e. The van der Waals surface area contributed by atoms with Crippen molar-refractivity contribution in [3.8, 4) is 6.07 Å². The normalized spacial score (nSPS) is 12.9. The monoisotopic (exact) mass is 347 g/mol. The van der Waals surface area contributed by atoms with Gasteiger partial charge in [-0.2, -0.15) is 13.7 Å². The lowest BCUT2D eigenvalue weighted by atomic mass is 10.1. The molecule has 1 atom stereocenters. The van der Waals surface area contributed by atoms with E-state index in [1.165, 1.54) is 11.8 Å². The summed E-state index contributed by atoms with van der Waals surface area (Å²) in [6, 6.07) is 2.21. The lowest BCUT2D eigenvalue weighted by Crippen LogP contribution is -2.18. The van der Waals surface area contributed by atoms with Crippen LogP contribution in [-0.4, -0.2) is 27.4 Å². The van der Waals surface area contributed by atoms with Crippen molar-refractivity contribution >= 4 is 54.3 Å². The summed E-state index contributed by atoms with van der Waals surface area (Å²) in [7, 11) is -2.12. The van der Waals surface area contributed by atoms with Crippen LogP contribution in [0.15, 0.2) is 0 Å². The highest BCUT2D eigenvalue weighted by Crippen LogP contribution is 2.37. The topological polar surface area (TPSA) is 50.1 Å². The second-order valence-electron chi connectivity index (χ2n) is 3.22. The van der Waals surface area contributed by atoms with Crippen LogP contribution in [0.25, 0.3) is 0 Å². The first-order valence-corrected chi connectivity index (χ1v) is 8.46. The molecule has 19 heavy (non-hydrogen) atoms. The predicted molar refractivity (Wildman–Crippen MR) is 83.8 cm³/mol. The average Bonchev–Trinajstić information content (AvgIpc) is 2.37. The van der Waals surface area contributed by atoms with Gasteiger partial charge >= 0.3 is 8.77 Å². The van der Waals surface area contributed by atoms with E-state index in [-0.39, 0.29) is 0 Å². The number of thiocarbonyl (C=S) groups is 1. The highest BCUT2D eigenvalue weighted by molar-refractivity contribution is 8.47. The fourth-order valence-electron chi connectivity index (χ4n) is 0.795. The molecule has 0 aliphatic heterocycles. The van der Waals surface area contributed by atoms with Crippen molar-refractivity contribution < 1.29 is 17.7 Å². The summed E-state index contributed by atoms with van der Waals surface area (Å²) in [4.78, 5) is 10.2. The molecule has 0 aromatic heterocycles. The molecule has 0 rings (SSSR count). The van der Waals surface area contributed by atoms with Gasteiger partial charge in [0.05, 0.1) is 6.07 Å². The molecule has 0 aliphatic rings. The summed E-state index contributed by atoms with van der Waals surface area (Å²) >= 11 is 8.05. The first kappa shape index (κ1) is 21.5. The summed E-state index contributed by atoms with van der Waals surface area (Å²) in [6.07, 6.45) is 1.81. The lowest BCUT2D eigenvalue weighted by Gasteiger charge is -2.19. The summed E-state index contributed by atoms with van der Waals surface area (Å²) < 4.78 is 24.9. The Bertz CT molecular complexity index is 316. The van der Waals surface area contributed by atoms with Gasteiger partial charge in [-0.3, -0.25) is 0 Å². The molecule has 0 fully saturated rings. The lowest BCUT2D eigenvalue weighted by molar-refractivity contribution is -0.108. The number of nitrogens with zero attached hydrogens (tertiary/aromatic N) is 1. The maximum atomic E-state index is 10.6. The van der Waals surface area contributed by atoms with Crippen LogP contribution in [0, 0.1) is 11.3 Å². The van der Waals surface area contributed by atoms with Crippen molar-refractivity contribution in [1.82, 2.24) is 0 Å². The highest BCUT2D eigenvalue weighted by atomic mass is 32.2. The molecule has 0 saturated carbocycles. The zero-order chi connectivity index (χ0) is 15.3. The molecule has 0 radical (unpaired) electrons. The Balaban J connectivity index is 0. The molecule has 0 amide bonds. The first-order chi connectivity index (χ1) is 8.85. The average molecular weight is 347 g/mol. The molecule has 3 nitrogen and oxygen atoms in total. The number of nitriles is 1. The molecule has 1 unspecified atom stereocenters. The summed E-state index contributed by atoms with van der Waals surface area (Å²) in [6.45, 7) is 3.84. The van der Waals surface area contributed by atoms with Crippen molar-refractivity contribution in [1.29, 1.82) is 5.26 Å². The smallest absolute Gasteiger partial charge is 0.309 e. The molecule has 0 N–H and O–H groups in total. The van der Waals surface area contributed by atoms with Gasteiger partial charge in [-0.1, -0.05) is 30.9 Å². The minimum absolute atomic E-state index is 0.413. The van der Waals surface area contributed by atoms with E-state index in [9.17, 15) is 13.2 Å². The van der Waals surface area contributed by atoms with Gasteiger partial charge in [-0.05, 0) is 19.1 Å². The van der Waals surface area contributed by atoms with Crippen LogP contribution in [-0.2, 0) is 9.32 Å². The summed E-state index contributed by atoms with van der Waals surface area (Å²) in [5, 5.41) is 8.97. The van der Waals surface area contributed by atoms with Crippen LogP contribution in [0.5, 0.6) is 0 Å². The van der Waals surface area contributed by atoms with Gasteiger partial charge in [-0.25, -0.2) is 0 Å². The van der Waals surface area contributed by atoms with Gasteiger partial charge in [0.2, 0.25) is 0 Å². The van der Waals surface area contributed by atoms with Gasteiger partial charge in [0.1, 0.15) is 14.6 Å². The Hall–Kier alpha value is 0.200. The second-order valence-corrected chi connectivity index (χ2v) is 7.96.